The summed E-state index contributed by atoms with van der Waals surface area (Å²) >= 11 is 0. The van der Waals surface area contributed by atoms with Crippen LogP contribution in [-0.4, -0.2) is 13.1 Å². The predicted octanol–water partition coefficient (Wildman–Crippen LogP) is 2.46. The molecule has 0 bridgehead atoms. The maximum Gasteiger partial charge on any atom is 0.0516 e. The molecule has 1 aliphatic heterocycles. The molecule has 1 fully saturated rings. The lowest BCUT2D eigenvalue weighted by Crippen LogP contribution is -2.24. The Morgan fingerprint density at radius 1 is 1.40 bits per heavy atom. The molecule has 1 heterocycles. The van der Waals surface area contributed by atoms with E-state index in [4.69, 9.17) is 0 Å². The molecular weight excluding hydrogens is 184 g/mol. The van der Waals surface area contributed by atoms with Gasteiger partial charge >= 0.3 is 0 Å². The maximum absolute atomic E-state index is 3.66. The van der Waals surface area contributed by atoms with Crippen molar-refractivity contribution in [1.29, 1.82) is 0 Å². The van der Waals surface area contributed by atoms with Gasteiger partial charge < -0.3 is 10.6 Å². The van der Waals surface area contributed by atoms with Gasteiger partial charge in [0.1, 0.15) is 0 Å². The molecule has 2 aliphatic rings. The van der Waals surface area contributed by atoms with Crippen LogP contribution >= 0.6 is 0 Å². The zero-order valence-corrected chi connectivity index (χ0v) is 9.22. The van der Waals surface area contributed by atoms with E-state index < -0.39 is 0 Å². The Labute approximate surface area is 91.1 Å². The number of hydrogen-bond acceptors (Lipinski definition) is 2. The molecule has 3 rings (SSSR count). The van der Waals surface area contributed by atoms with E-state index in [2.05, 4.69) is 35.8 Å². The first-order valence-corrected chi connectivity index (χ1v) is 5.91. The van der Waals surface area contributed by atoms with Crippen LogP contribution in [-0.2, 0) is 0 Å². The second-order valence-electron chi connectivity index (χ2n) is 4.88. The standard InChI is InChI=1S/C13H18N2/c1-9-2-5-12-11(6-9)13(8-15-12)14-7-10-3-4-10/h2,5-6,10,13-15H,3-4,7-8H2,1H3/t13-/m1/s1. The van der Waals surface area contributed by atoms with Gasteiger partial charge in [-0.25, -0.2) is 0 Å². The summed E-state index contributed by atoms with van der Waals surface area (Å²) in [7, 11) is 0. The molecule has 0 radical (unpaired) electrons. The molecule has 2 heteroatoms. The van der Waals surface area contributed by atoms with Gasteiger partial charge in [0.2, 0.25) is 0 Å². The molecule has 0 unspecified atom stereocenters. The third-order valence-electron chi connectivity index (χ3n) is 3.43. The third kappa shape index (κ3) is 1.86. The van der Waals surface area contributed by atoms with Gasteiger partial charge in [-0.15, -0.1) is 0 Å². The smallest absolute Gasteiger partial charge is 0.0516 e. The molecule has 2 nitrogen and oxygen atoms in total. The van der Waals surface area contributed by atoms with Crippen molar-refractivity contribution in [2.24, 2.45) is 5.92 Å². The second kappa shape index (κ2) is 3.53. The van der Waals surface area contributed by atoms with E-state index in [1.807, 2.05) is 0 Å². The molecule has 0 saturated heterocycles. The van der Waals surface area contributed by atoms with Gasteiger partial charge in [0.25, 0.3) is 0 Å². The molecule has 1 aromatic rings. The first kappa shape index (κ1) is 9.22. The van der Waals surface area contributed by atoms with Crippen LogP contribution in [0.1, 0.15) is 30.0 Å². The summed E-state index contributed by atoms with van der Waals surface area (Å²) in [4.78, 5) is 0. The van der Waals surface area contributed by atoms with Crippen molar-refractivity contribution in [3.05, 3.63) is 29.3 Å². The minimum atomic E-state index is 0.528. The lowest BCUT2D eigenvalue weighted by atomic mass is 10.1. The maximum atomic E-state index is 3.66. The highest BCUT2D eigenvalue weighted by atomic mass is 15.0. The SMILES string of the molecule is Cc1ccc2c(c1)[C@H](NCC1CC1)CN2. The van der Waals surface area contributed by atoms with Crippen LogP contribution in [0.2, 0.25) is 0 Å². The van der Waals surface area contributed by atoms with Crippen LogP contribution in [0, 0.1) is 12.8 Å². The highest BCUT2D eigenvalue weighted by molar-refractivity contribution is 5.58. The molecule has 15 heavy (non-hydrogen) atoms. The summed E-state index contributed by atoms with van der Waals surface area (Å²) in [6, 6.07) is 7.21. The van der Waals surface area contributed by atoms with Crippen LogP contribution in [0.15, 0.2) is 18.2 Å². The van der Waals surface area contributed by atoms with E-state index in [0.29, 0.717) is 6.04 Å². The number of nitrogens with one attached hydrogen (secondary N) is 2. The summed E-state index contributed by atoms with van der Waals surface area (Å²) in [5, 5.41) is 7.12. The van der Waals surface area contributed by atoms with Crippen LogP contribution < -0.4 is 10.6 Å². The zero-order chi connectivity index (χ0) is 10.3. The van der Waals surface area contributed by atoms with E-state index in [-0.39, 0.29) is 0 Å². The van der Waals surface area contributed by atoms with Gasteiger partial charge in [-0.05, 0) is 43.9 Å². The fourth-order valence-electron chi connectivity index (χ4n) is 2.27. The van der Waals surface area contributed by atoms with Gasteiger partial charge in [-0.2, -0.15) is 0 Å². The predicted molar refractivity (Wildman–Crippen MR) is 63.1 cm³/mol. The van der Waals surface area contributed by atoms with Crippen LogP contribution in [0.5, 0.6) is 0 Å². The lowest BCUT2D eigenvalue weighted by Gasteiger charge is -2.12. The Morgan fingerprint density at radius 3 is 3.07 bits per heavy atom. The number of benzene rings is 1. The van der Waals surface area contributed by atoms with Gasteiger partial charge in [0.05, 0.1) is 6.04 Å². The molecule has 1 saturated carbocycles. The highest BCUT2D eigenvalue weighted by Crippen LogP contribution is 2.32. The molecular formula is C13H18N2. The molecule has 1 aliphatic carbocycles. The van der Waals surface area contributed by atoms with Gasteiger partial charge in [-0.1, -0.05) is 17.7 Å². The molecule has 0 aromatic heterocycles. The minimum Gasteiger partial charge on any atom is -0.383 e. The molecule has 1 atom stereocenters. The lowest BCUT2D eigenvalue weighted by molar-refractivity contribution is 0.547. The average Bonchev–Trinajstić information content (AvgIpc) is 2.97. The van der Waals surface area contributed by atoms with Crippen LogP contribution in [0.4, 0.5) is 5.69 Å². The second-order valence-corrected chi connectivity index (χ2v) is 4.88. The van der Waals surface area contributed by atoms with Crippen molar-refractivity contribution < 1.29 is 0 Å². The van der Waals surface area contributed by atoms with Crippen molar-refractivity contribution in [2.45, 2.75) is 25.8 Å². The van der Waals surface area contributed by atoms with E-state index in [9.17, 15) is 0 Å². The van der Waals surface area contributed by atoms with E-state index >= 15 is 0 Å². The monoisotopic (exact) mass is 202 g/mol. The number of aryl methyl sites for hydroxylation is 1. The third-order valence-corrected chi connectivity index (χ3v) is 3.43. The minimum absolute atomic E-state index is 0.528. The van der Waals surface area contributed by atoms with Crippen molar-refractivity contribution in [3.63, 3.8) is 0 Å². The Hall–Kier alpha value is -1.02. The van der Waals surface area contributed by atoms with E-state index in [1.54, 1.807) is 0 Å². The van der Waals surface area contributed by atoms with Crippen LogP contribution in [0.3, 0.4) is 0 Å². The summed E-state index contributed by atoms with van der Waals surface area (Å²) in [5.74, 6) is 0.957. The van der Waals surface area contributed by atoms with Crippen molar-refractivity contribution in [1.82, 2.24) is 5.32 Å². The van der Waals surface area contributed by atoms with Crippen molar-refractivity contribution >= 4 is 5.69 Å². The summed E-state index contributed by atoms with van der Waals surface area (Å²) in [6.45, 7) is 4.40. The summed E-state index contributed by atoms with van der Waals surface area (Å²) in [5.41, 5.74) is 4.13. The molecule has 0 amide bonds. The number of rotatable bonds is 3. The average molecular weight is 202 g/mol. The highest BCUT2D eigenvalue weighted by Gasteiger charge is 2.26. The first-order valence-electron chi connectivity index (χ1n) is 5.91. The number of anilines is 1. The quantitative estimate of drug-likeness (QED) is 0.786. The normalized spacial score (nSPS) is 23.7. The topological polar surface area (TPSA) is 24.1 Å². The van der Waals surface area contributed by atoms with Crippen molar-refractivity contribution in [2.75, 3.05) is 18.4 Å². The summed E-state index contributed by atoms with van der Waals surface area (Å²) in [6.07, 6.45) is 2.85. The Kier molecular flexibility index (Phi) is 2.17. The first-order chi connectivity index (χ1) is 7.33. The Balaban J connectivity index is 1.74. The van der Waals surface area contributed by atoms with Gasteiger partial charge in [0.15, 0.2) is 0 Å². The molecule has 80 valence electrons. The summed E-state index contributed by atoms with van der Waals surface area (Å²) < 4.78 is 0. The Bertz CT molecular complexity index is 369. The largest absolute Gasteiger partial charge is 0.383 e. The van der Waals surface area contributed by atoms with E-state index in [1.165, 1.54) is 36.2 Å². The number of fused-ring (bicyclic) bond motifs is 1. The zero-order valence-electron chi connectivity index (χ0n) is 9.22. The van der Waals surface area contributed by atoms with Crippen molar-refractivity contribution in [3.8, 4) is 0 Å². The van der Waals surface area contributed by atoms with E-state index in [0.717, 1.165) is 12.5 Å². The number of hydrogen-bond donors (Lipinski definition) is 2. The van der Waals surface area contributed by atoms with Crippen LogP contribution in [0.25, 0.3) is 0 Å². The van der Waals surface area contributed by atoms with Gasteiger partial charge in [-0.3, -0.25) is 0 Å². The Morgan fingerprint density at radius 2 is 2.27 bits per heavy atom. The van der Waals surface area contributed by atoms with Gasteiger partial charge in [0, 0.05) is 12.2 Å². The fraction of sp³-hybridized carbons (Fsp3) is 0.538. The molecule has 0 spiro atoms. The fourth-order valence-corrected chi connectivity index (χ4v) is 2.27. The molecule has 1 aromatic carbocycles. The molecule has 2 N–H and O–H groups in total.